The number of hydrogen-bond acceptors (Lipinski definition) is 3. The Morgan fingerprint density at radius 2 is 2.20 bits per heavy atom. The van der Waals surface area contributed by atoms with Gasteiger partial charge in [0.25, 0.3) is 5.91 Å². The van der Waals surface area contributed by atoms with Crippen LogP contribution < -0.4 is 10.6 Å². The molecule has 0 aliphatic carbocycles. The number of aryl methyl sites for hydroxylation is 2. The highest BCUT2D eigenvalue weighted by atomic mass is 35.5. The average Bonchev–Trinajstić information content (AvgIpc) is 2.96. The molecule has 0 atom stereocenters. The molecule has 1 aliphatic heterocycles. The van der Waals surface area contributed by atoms with Crippen molar-refractivity contribution in [3.8, 4) is 0 Å². The van der Waals surface area contributed by atoms with Crippen LogP contribution in [0.3, 0.4) is 0 Å². The number of nitrogens with one attached hydrogen (secondary N) is 2. The van der Waals surface area contributed by atoms with E-state index in [0.717, 1.165) is 24.3 Å². The lowest BCUT2D eigenvalue weighted by Gasteiger charge is -2.04. The minimum atomic E-state index is -0.118. The lowest BCUT2D eigenvalue weighted by molar-refractivity contribution is 0.102. The Bertz CT molecular complexity index is 631. The molecule has 2 N–H and O–H groups in total. The van der Waals surface area contributed by atoms with Crippen molar-refractivity contribution < 1.29 is 4.79 Å². The maximum atomic E-state index is 12.2. The van der Waals surface area contributed by atoms with E-state index < -0.39 is 0 Å². The van der Waals surface area contributed by atoms with Gasteiger partial charge in [-0.15, -0.1) is 12.4 Å². The molecule has 0 fully saturated rings. The molecule has 1 aromatic heterocycles. The molecule has 1 aromatic carbocycles. The van der Waals surface area contributed by atoms with Crippen molar-refractivity contribution in [3.05, 3.63) is 41.1 Å². The molecule has 106 valence electrons. The normalized spacial score (nSPS) is 12.3. The van der Waals surface area contributed by atoms with Gasteiger partial charge in [0.15, 0.2) is 5.82 Å². The molecule has 1 aliphatic rings. The van der Waals surface area contributed by atoms with Crippen LogP contribution in [0.25, 0.3) is 0 Å². The summed E-state index contributed by atoms with van der Waals surface area (Å²) in [5.74, 6) is 0.469. The van der Waals surface area contributed by atoms with E-state index in [1.54, 1.807) is 4.68 Å². The molecule has 0 saturated heterocycles. The summed E-state index contributed by atoms with van der Waals surface area (Å²) in [5, 5.41) is 10.3. The number of benzene rings is 1. The van der Waals surface area contributed by atoms with E-state index in [4.69, 9.17) is 0 Å². The van der Waals surface area contributed by atoms with E-state index in [1.807, 2.05) is 38.2 Å². The van der Waals surface area contributed by atoms with Gasteiger partial charge >= 0.3 is 0 Å². The number of nitrogens with zero attached hydrogens (tertiary/aromatic N) is 2. The van der Waals surface area contributed by atoms with E-state index in [2.05, 4.69) is 15.7 Å². The van der Waals surface area contributed by atoms with E-state index in [9.17, 15) is 4.79 Å². The lowest BCUT2D eigenvalue weighted by Crippen LogP contribution is -2.12. The van der Waals surface area contributed by atoms with Gasteiger partial charge in [0.1, 0.15) is 0 Å². The van der Waals surface area contributed by atoms with Crippen LogP contribution in [-0.2, 0) is 13.5 Å². The Morgan fingerprint density at radius 1 is 1.40 bits per heavy atom. The molecule has 20 heavy (non-hydrogen) atoms. The maximum Gasteiger partial charge on any atom is 0.256 e. The number of hydrogen-bond donors (Lipinski definition) is 2. The smallest absolute Gasteiger partial charge is 0.256 e. The summed E-state index contributed by atoms with van der Waals surface area (Å²) in [7, 11) is 1.85. The molecule has 0 unspecified atom stereocenters. The fourth-order valence-electron chi connectivity index (χ4n) is 2.26. The first-order chi connectivity index (χ1) is 9.13. The molecule has 2 heterocycles. The van der Waals surface area contributed by atoms with Crippen molar-refractivity contribution in [2.24, 2.45) is 7.05 Å². The van der Waals surface area contributed by atoms with Crippen LogP contribution in [0.15, 0.2) is 24.3 Å². The summed E-state index contributed by atoms with van der Waals surface area (Å²) in [6.07, 6.45) is 0.971. The largest absolute Gasteiger partial charge is 0.384 e. The van der Waals surface area contributed by atoms with Crippen LogP contribution >= 0.6 is 12.4 Å². The molecule has 3 rings (SSSR count). The fourth-order valence-corrected chi connectivity index (χ4v) is 2.26. The quantitative estimate of drug-likeness (QED) is 0.893. The summed E-state index contributed by atoms with van der Waals surface area (Å²) < 4.78 is 1.74. The minimum absolute atomic E-state index is 0. The predicted octanol–water partition coefficient (Wildman–Crippen LogP) is 2.37. The van der Waals surface area contributed by atoms with Crippen molar-refractivity contribution in [2.45, 2.75) is 13.3 Å². The fraction of sp³-hybridized carbons (Fsp3) is 0.286. The lowest BCUT2D eigenvalue weighted by atomic mass is 10.1. The van der Waals surface area contributed by atoms with Crippen LogP contribution in [0.1, 0.15) is 21.6 Å². The van der Waals surface area contributed by atoms with Gasteiger partial charge in [-0.3, -0.25) is 9.48 Å². The number of aromatic nitrogens is 2. The second-order valence-electron chi connectivity index (χ2n) is 4.80. The Kier molecular flexibility index (Phi) is 3.99. The molecule has 0 radical (unpaired) electrons. The average molecular weight is 293 g/mol. The first-order valence-electron chi connectivity index (χ1n) is 6.32. The van der Waals surface area contributed by atoms with Crippen LogP contribution in [-0.4, -0.2) is 22.2 Å². The van der Waals surface area contributed by atoms with Crippen molar-refractivity contribution in [2.75, 3.05) is 17.2 Å². The molecule has 0 saturated carbocycles. The third-order valence-electron chi connectivity index (χ3n) is 3.43. The standard InChI is InChI=1S/C14H16N4O.ClH/c1-9-7-13(17-18(9)2)16-14(19)11-3-4-12-10(8-11)5-6-15-12;/h3-4,7-8,15H,5-6H2,1-2H3,(H,16,17,19);1H. The monoisotopic (exact) mass is 292 g/mol. The highest BCUT2D eigenvalue weighted by molar-refractivity contribution is 6.04. The first-order valence-corrected chi connectivity index (χ1v) is 6.32. The van der Waals surface area contributed by atoms with Crippen LogP contribution in [0.4, 0.5) is 11.5 Å². The van der Waals surface area contributed by atoms with Gasteiger partial charge in [0, 0.05) is 36.6 Å². The number of carbonyl (C=O) groups excluding carboxylic acids is 1. The van der Waals surface area contributed by atoms with Gasteiger partial charge in [0.05, 0.1) is 0 Å². The van der Waals surface area contributed by atoms with Crippen LogP contribution in [0.5, 0.6) is 0 Å². The molecule has 0 spiro atoms. The van der Waals surface area contributed by atoms with Crippen molar-refractivity contribution in [1.29, 1.82) is 0 Å². The summed E-state index contributed by atoms with van der Waals surface area (Å²) in [4.78, 5) is 12.2. The number of amides is 1. The molecule has 6 heteroatoms. The van der Waals surface area contributed by atoms with E-state index in [0.29, 0.717) is 11.4 Å². The van der Waals surface area contributed by atoms with Crippen LogP contribution in [0, 0.1) is 6.92 Å². The van der Waals surface area contributed by atoms with Gasteiger partial charge in [-0.1, -0.05) is 0 Å². The Labute approximate surface area is 123 Å². The highest BCUT2D eigenvalue weighted by Crippen LogP contribution is 2.23. The summed E-state index contributed by atoms with van der Waals surface area (Å²) in [6, 6.07) is 7.59. The third-order valence-corrected chi connectivity index (χ3v) is 3.43. The Hall–Kier alpha value is -2.01. The van der Waals surface area contributed by atoms with Gasteiger partial charge in [0.2, 0.25) is 0 Å². The zero-order valence-corrected chi connectivity index (χ0v) is 12.3. The SMILES string of the molecule is Cc1cc(NC(=O)c2ccc3c(c2)CCN3)nn1C.Cl. The summed E-state index contributed by atoms with van der Waals surface area (Å²) in [6.45, 7) is 2.89. The molecule has 0 bridgehead atoms. The van der Waals surface area contributed by atoms with Gasteiger partial charge in [-0.25, -0.2) is 0 Å². The van der Waals surface area contributed by atoms with Gasteiger partial charge in [-0.05, 0) is 37.1 Å². The number of halogens is 1. The van der Waals surface area contributed by atoms with Crippen molar-refractivity contribution >= 4 is 29.8 Å². The molecular formula is C14H17ClN4O. The van der Waals surface area contributed by atoms with Crippen molar-refractivity contribution in [3.63, 3.8) is 0 Å². The number of anilines is 2. The van der Waals surface area contributed by atoms with E-state index in [1.165, 1.54) is 5.56 Å². The molecule has 2 aromatic rings. The maximum absolute atomic E-state index is 12.2. The summed E-state index contributed by atoms with van der Waals surface area (Å²) in [5.41, 5.74) is 4.01. The van der Waals surface area contributed by atoms with Gasteiger partial charge in [-0.2, -0.15) is 5.10 Å². The zero-order valence-electron chi connectivity index (χ0n) is 11.4. The number of fused-ring (bicyclic) bond motifs is 1. The Balaban J connectivity index is 0.00000147. The minimum Gasteiger partial charge on any atom is -0.384 e. The Morgan fingerprint density at radius 3 is 2.90 bits per heavy atom. The topological polar surface area (TPSA) is 59.0 Å². The highest BCUT2D eigenvalue weighted by Gasteiger charge is 2.14. The summed E-state index contributed by atoms with van der Waals surface area (Å²) >= 11 is 0. The number of carbonyl (C=O) groups is 1. The second kappa shape index (κ2) is 5.54. The second-order valence-corrected chi connectivity index (χ2v) is 4.80. The van der Waals surface area contributed by atoms with E-state index >= 15 is 0 Å². The molecule has 1 amide bonds. The zero-order chi connectivity index (χ0) is 13.4. The van der Waals surface area contributed by atoms with Crippen molar-refractivity contribution in [1.82, 2.24) is 9.78 Å². The predicted molar refractivity (Wildman–Crippen MR) is 81.8 cm³/mol. The first kappa shape index (κ1) is 14.4. The van der Waals surface area contributed by atoms with Crippen LogP contribution in [0.2, 0.25) is 0 Å². The third kappa shape index (κ3) is 2.63. The van der Waals surface area contributed by atoms with Gasteiger partial charge < -0.3 is 10.6 Å². The molecular weight excluding hydrogens is 276 g/mol. The molecule has 5 nitrogen and oxygen atoms in total. The van der Waals surface area contributed by atoms with E-state index in [-0.39, 0.29) is 18.3 Å². The number of rotatable bonds is 2.